The summed E-state index contributed by atoms with van der Waals surface area (Å²) >= 11 is 0. The highest BCUT2D eigenvalue weighted by molar-refractivity contribution is 7.92. The van der Waals surface area contributed by atoms with Crippen LogP contribution in [0.4, 0.5) is 5.69 Å². The fraction of sp³-hybridized carbons (Fsp3) is 0.435. The highest BCUT2D eigenvalue weighted by Gasteiger charge is 2.36. The number of methoxy groups -OCH3 is 1. The fourth-order valence-corrected chi connectivity index (χ4v) is 5.24. The second-order valence-corrected chi connectivity index (χ2v) is 9.77. The number of amides is 1. The van der Waals surface area contributed by atoms with Crippen molar-refractivity contribution in [1.29, 1.82) is 0 Å². The van der Waals surface area contributed by atoms with E-state index in [-0.39, 0.29) is 11.3 Å². The summed E-state index contributed by atoms with van der Waals surface area (Å²) in [5.41, 5.74) is 1.33. The molecule has 0 spiro atoms. The number of carbonyl (C=O) groups is 1. The summed E-state index contributed by atoms with van der Waals surface area (Å²) in [5.74, 6) is 0.265. The summed E-state index contributed by atoms with van der Waals surface area (Å²) in [7, 11) is -2.14. The summed E-state index contributed by atoms with van der Waals surface area (Å²) in [6.45, 7) is 3.27. The van der Waals surface area contributed by atoms with Crippen LogP contribution >= 0.6 is 0 Å². The van der Waals surface area contributed by atoms with Gasteiger partial charge in [0.2, 0.25) is 15.9 Å². The topological polar surface area (TPSA) is 84.9 Å². The molecule has 1 amide bonds. The number of nitrogens with zero attached hydrogens (tertiary/aromatic N) is 1. The standard InChI is InChI=1S/C23H30N2O5S/c1-18(25(31(3,27)28)20-9-11-21(29-2)12-10-20)22(26)24-17-23(13-15-30-16-14-23)19-7-5-4-6-8-19/h4-12,18H,13-17H2,1-3H3,(H,24,26)/t18-/m0/s1. The van der Waals surface area contributed by atoms with Gasteiger partial charge in [-0.15, -0.1) is 0 Å². The largest absolute Gasteiger partial charge is 0.497 e. The van der Waals surface area contributed by atoms with Crippen molar-refractivity contribution in [2.75, 3.05) is 37.4 Å². The number of ether oxygens (including phenoxy) is 2. The molecule has 1 heterocycles. The minimum atomic E-state index is -3.68. The first-order valence-corrected chi connectivity index (χ1v) is 12.2. The predicted molar refractivity (Wildman–Crippen MR) is 121 cm³/mol. The Labute approximate surface area is 184 Å². The third kappa shape index (κ3) is 5.37. The van der Waals surface area contributed by atoms with E-state index in [4.69, 9.17) is 9.47 Å². The molecule has 168 valence electrons. The van der Waals surface area contributed by atoms with E-state index >= 15 is 0 Å². The Morgan fingerprint density at radius 2 is 1.74 bits per heavy atom. The molecule has 0 aromatic heterocycles. The van der Waals surface area contributed by atoms with E-state index in [1.165, 1.54) is 7.11 Å². The molecule has 0 saturated carbocycles. The normalized spacial score (nSPS) is 16.9. The Bertz CT molecular complexity index is 971. The van der Waals surface area contributed by atoms with Crippen LogP contribution in [0.1, 0.15) is 25.3 Å². The van der Waals surface area contributed by atoms with Crippen molar-refractivity contribution < 1.29 is 22.7 Å². The van der Waals surface area contributed by atoms with Crippen molar-refractivity contribution in [2.45, 2.75) is 31.2 Å². The molecule has 1 atom stereocenters. The zero-order chi connectivity index (χ0) is 22.5. The van der Waals surface area contributed by atoms with E-state index in [1.807, 2.05) is 18.2 Å². The van der Waals surface area contributed by atoms with Gasteiger partial charge >= 0.3 is 0 Å². The molecule has 1 aliphatic heterocycles. The van der Waals surface area contributed by atoms with E-state index < -0.39 is 16.1 Å². The van der Waals surface area contributed by atoms with Crippen molar-refractivity contribution in [3.05, 3.63) is 60.2 Å². The molecule has 7 nitrogen and oxygen atoms in total. The van der Waals surface area contributed by atoms with Crippen LogP contribution in [-0.2, 0) is 25.0 Å². The molecule has 1 saturated heterocycles. The SMILES string of the molecule is COc1ccc(N([C@@H](C)C(=O)NCC2(c3ccccc3)CCOCC2)S(C)(=O)=O)cc1. The molecule has 0 bridgehead atoms. The lowest BCUT2D eigenvalue weighted by atomic mass is 9.74. The molecule has 0 radical (unpaired) electrons. The van der Waals surface area contributed by atoms with E-state index in [9.17, 15) is 13.2 Å². The van der Waals surface area contributed by atoms with Crippen molar-refractivity contribution in [1.82, 2.24) is 5.32 Å². The van der Waals surface area contributed by atoms with Gasteiger partial charge in [0.15, 0.2) is 0 Å². The molecule has 2 aromatic carbocycles. The second-order valence-electron chi connectivity index (χ2n) is 7.91. The van der Waals surface area contributed by atoms with Crippen LogP contribution in [0.2, 0.25) is 0 Å². The van der Waals surface area contributed by atoms with Crippen LogP contribution < -0.4 is 14.4 Å². The molecule has 1 N–H and O–H groups in total. The molecule has 3 rings (SSSR count). The maximum atomic E-state index is 13.1. The van der Waals surface area contributed by atoms with Gasteiger partial charge in [0, 0.05) is 25.2 Å². The lowest BCUT2D eigenvalue weighted by Crippen LogP contribution is -2.51. The zero-order valence-corrected chi connectivity index (χ0v) is 19.0. The van der Waals surface area contributed by atoms with Gasteiger partial charge in [-0.05, 0) is 49.6 Å². The molecular weight excluding hydrogens is 416 g/mol. The Kier molecular flexibility index (Phi) is 7.23. The second kappa shape index (κ2) is 9.70. The van der Waals surface area contributed by atoms with Crippen LogP contribution in [0.15, 0.2) is 54.6 Å². The number of nitrogens with one attached hydrogen (secondary N) is 1. The van der Waals surface area contributed by atoms with Crippen LogP contribution in [-0.4, -0.2) is 53.5 Å². The Morgan fingerprint density at radius 3 is 2.29 bits per heavy atom. The molecule has 1 fully saturated rings. The highest BCUT2D eigenvalue weighted by atomic mass is 32.2. The quantitative estimate of drug-likeness (QED) is 0.674. The van der Waals surface area contributed by atoms with Gasteiger partial charge in [0.05, 0.1) is 19.1 Å². The van der Waals surface area contributed by atoms with Crippen LogP contribution in [0.3, 0.4) is 0 Å². The molecule has 8 heteroatoms. The van der Waals surface area contributed by atoms with E-state index in [2.05, 4.69) is 17.4 Å². The molecule has 31 heavy (non-hydrogen) atoms. The van der Waals surface area contributed by atoms with Crippen molar-refractivity contribution in [2.24, 2.45) is 0 Å². The fourth-order valence-electron chi connectivity index (χ4n) is 4.06. The van der Waals surface area contributed by atoms with Gasteiger partial charge in [-0.1, -0.05) is 30.3 Å². The van der Waals surface area contributed by atoms with Gasteiger partial charge in [0.25, 0.3) is 0 Å². The third-order valence-electron chi connectivity index (χ3n) is 5.85. The number of benzene rings is 2. The Hall–Kier alpha value is -2.58. The van der Waals surface area contributed by atoms with E-state index in [0.717, 1.165) is 29.0 Å². The predicted octanol–water partition coefficient (Wildman–Crippen LogP) is 2.71. The lowest BCUT2D eigenvalue weighted by Gasteiger charge is -2.38. The van der Waals surface area contributed by atoms with Gasteiger partial charge in [-0.2, -0.15) is 0 Å². The zero-order valence-electron chi connectivity index (χ0n) is 18.2. The monoisotopic (exact) mass is 446 g/mol. The molecular formula is C23H30N2O5S. The first kappa shape index (κ1) is 23.1. The van der Waals surface area contributed by atoms with Crippen LogP contribution in [0.25, 0.3) is 0 Å². The van der Waals surface area contributed by atoms with E-state index in [0.29, 0.717) is 31.2 Å². The van der Waals surface area contributed by atoms with Crippen LogP contribution in [0, 0.1) is 0 Å². The Morgan fingerprint density at radius 1 is 1.13 bits per heavy atom. The maximum absolute atomic E-state index is 13.1. The van der Waals surface area contributed by atoms with Gasteiger partial charge in [-0.25, -0.2) is 8.42 Å². The number of hydrogen-bond acceptors (Lipinski definition) is 5. The summed E-state index contributed by atoms with van der Waals surface area (Å²) < 4.78 is 36.9. The first-order valence-electron chi connectivity index (χ1n) is 10.3. The average molecular weight is 447 g/mol. The van der Waals surface area contributed by atoms with Crippen LogP contribution in [0.5, 0.6) is 5.75 Å². The smallest absolute Gasteiger partial charge is 0.243 e. The van der Waals surface area contributed by atoms with Crippen molar-refractivity contribution >= 4 is 21.6 Å². The van der Waals surface area contributed by atoms with Gasteiger partial charge in [-0.3, -0.25) is 9.10 Å². The molecule has 1 aliphatic rings. The number of sulfonamides is 1. The van der Waals surface area contributed by atoms with Gasteiger partial charge < -0.3 is 14.8 Å². The summed E-state index contributed by atoms with van der Waals surface area (Å²) in [6, 6.07) is 15.8. The first-order chi connectivity index (χ1) is 14.8. The molecule has 0 unspecified atom stereocenters. The van der Waals surface area contributed by atoms with Crippen molar-refractivity contribution in [3.8, 4) is 5.75 Å². The number of anilines is 1. The number of hydrogen-bond donors (Lipinski definition) is 1. The van der Waals surface area contributed by atoms with Crippen molar-refractivity contribution in [3.63, 3.8) is 0 Å². The summed E-state index contributed by atoms with van der Waals surface area (Å²) in [5, 5.41) is 3.01. The highest BCUT2D eigenvalue weighted by Crippen LogP contribution is 2.34. The Balaban J connectivity index is 1.79. The molecule has 2 aromatic rings. The molecule has 0 aliphatic carbocycles. The minimum absolute atomic E-state index is 0.231. The number of rotatable bonds is 8. The lowest BCUT2D eigenvalue weighted by molar-refractivity contribution is -0.122. The maximum Gasteiger partial charge on any atom is 0.243 e. The average Bonchev–Trinajstić information content (AvgIpc) is 2.78. The van der Waals surface area contributed by atoms with E-state index in [1.54, 1.807) is 31.2 Å². The van der Waals surface area contributed by atoms with Gasteiger partial charge in [0.1, 0.15) is 11.8 Å². The minimum Gasteiger partial charge on any atom is -0.497 e. The third-order valence-corrected chi connectivity index (χ3v) is 7.09. The summed E-state index contributed by atoms with van der Waals surface area (Å²) in [4.78, 5) is 13.1. The summed E-state index contributed by atoms with van der Waals surface area (Å²) in [6.07, 6.45) is 2.69. The number of carbonyl (C=O) groups excluding carboxylic acids is 1.